The van der Waals surface area contributed by atoms with Gasteiger partial charge in [-0.05, 0) is 49.3 Å². The lowest BCUT2D eigenvalue weighted by Gasteiger charge is -2.49. The van der Waals surface area contributed by atoms with Crippen LogP contribution < -0.4 is 5.32 Å². The lowest BCUT2D eigenvalue weighted by atomic mass is 9.80. The highest BCUT2D eigenvalue weighted by atomic mass is 32.2. The average Bonchev–Trinajstić information content (AvgIpc) is 3.30. The summed E-state index contributed by atoms with van der Waals surface area (Å²) < 4.78 is 33.1. The van der Waals surface area contributed by atoms with Crippen LogP contribution in [0.2, 0.25) is 0 Å². The fraction of sp³-hybridized carbons (Fsp3) is 0.450. The Hall–Kier alpha value is -1.74. The second-order valence-electron chi connectivity index (χ2n) is 7.54. The number of aryl methyl sites for hydroxylation is 1. The van der Waals surface area contributed by atoms with Gasteiger partial charge in [0.25, 0.3) is 5.91 Å². The molecule has 2 saturated heterocycles. The van der Waals surface area contributed by atoms with Gasteiger partial charge in [-0.15, -0.1) is 0 Å². The van der Waals surface area contributed by atoms with Crippen LogP contribution in [-0.2, 0) is 14.8 Å². The molecule has 28 heavy (non-hydrogen) atoms. The number of amides is 1. The standard InChI is InChI=1S/C20H24N2O4S2/c1-15-2-4-18(5-3-15)28(24,25)22-13-20(14-22)17(7-10-26-20)6-9-21-19(23)16-8-11-27-12-16/h2-5,8,11-12,17H,6-7,9-10,13-14H2,1H3,(H,21,23)/t17-/m1/s1. The first-order valence-corrected chi connectivity index (χ1v) is 11.8. The van der Waals surface area contributed by atoms with Crippen LogP contribution in [0, 0.1) is 12.8 Å². The molecule has 1 aromatic carbocycles. The molecule has 2 aromatic rings. The molecule has 1 atom stereocenters. The maximum Gasteiger partial charge on any atom is 0.252 e. The van der Waals surface area contributed by atoms with Crippen molar-refractivity contribution >= 4 is 27.3 Å². The second kappa shape index (κ2) is 7.59. The topological polar surface area (TPSA) is 75.7 Å². The van der Waals surface area contributed by atoms with Crippen molar-refractivity contribution in [1.29, 1.82) is 0 Å². The van der Waals surface area contributed by atoms with Crippen molar-refractivity contribution in [2.24, 2.45) is 5.92 Å². The van der Waals surface area contributed by atoms with Gasteiger partial charge in [0.05, 0.1) is 10.5 Å². The first kappa shape index (κ1) is 19.6. The van der Waals surface area contributed by atoms with Gasteiger partial charge in [0.15, 0.2) is 0 Å². The molecule has 1 N–H and O–H groups in total. The molecule has 0 bridgehead atoms. The zero-order valence-electron chi connectivity index (χ0n) is 15.8. The van der Waals surface area contributed by atoms with E-state index in [2.05, 4.69) is 5.32 Å². The van der Waals surface area contributed by atoms with Crippen LogP contribution in [0.4, 0.5) is 0 Å². The van der Waals surface area contributed by atoms with Gasteiger partial charge in [0.2, 0.25) is 10.0 Å². The fourth-order valence-corrected chi connectivity index (χ4v) is 6.17. The second-order valence-corrected chi connectivity index (χ2v) is 10.3. The van der Waals surface area contributed by atoms with Crippen molar-refractivity contribution in [3.05, 3.63) is 52.2 Å². The summed E-state index contributed by atoms with van der Waals surface area (Å²) in [6, 6.07) is 8.74. The lowest BCUT2D eigenvalue weighted by molar-refractivity contribution is -0.102. The predicted octanol–water partition coefficient (Wildman–Crippen LogP) is 2.66. The number of ether oxygens (including phenoxy) is 1. The highest BCUT2D eigenvalue weighted by Crippen LogP contribution is 2.43. The molecule has 6 nitrogen and oxygen atoms in total. The number of carbonyl (C=O) groups excluding carboxylic acids is 1. The number of sulfonamides is 1. The number of benzene rings is 1. The summed E-state index contributed by atoms with van der Waals surface area (Å²) in [6.45, 7) is 3.90. The van der Waals surface area contributed by atoms with Crippen molar-refractivity contribution < 1.29 is 17.9 Å². The number of nitrogens with one attached hydrogen (secondary N) is 1. The van der Waals surface area contributed by atoms with E-state index in [9.17, 15) is 13.2 Å². The van der Waals surface area contributed by atoms with E-state index in [1.807, 2.05) is 29.8 Å². The highest BCUT2D eigenvalue weighted by Gasteiger charge is 2.56. The van der Waals surface area contributed by atoms with Gasteiger partial charge >= 0.3 is 0 Å². The highest BCUT2D eigenvalue weighted by molar-refractivity contribution is 7.89. The molecule has 1 spiro atoms. The van der Waals surface area contributed by atoms with Gasteiger partial charge in [-0.2, -0.15) is 15.6 Å². The molecule has 0 saturated carbocycles. The van der Waals surface area contributed by atoms with Crippen LogP contribution in [-0.4, -0.2) is 50.5 Å². The number of hydrogen-bond acceptors (Lipinski definition) is 5. The van der Waals surface area contributed by atoms with E-state index in [4.69, 9.17) is 4.74 Å². The minimum Gasteiger partial charge on any atom is -0.372 e. The van der Waals surface area contributed by atoms with E-state index in [-0.39, 0.29) is 11.8 Å². The fourth-order valence-electron chi connectivity index (χ4n) is 3.98. The summed E-state index contributed by atoms with van der Waals surface area (Å²) in [5, 5.41) is 6.66. The molecule has 2 aliphatic heterocycles. The molecule has 4 rings (SSSR count). The van der Waals surface area contributed by atoms with E-state index >= 15 is 0 Å². The summed E-state index contributed by atoms with van der Waals surface area (Å²) in [4.78, 5) is 12.4. The molecular formula is C20H24N2O4S2. The summed E-state index contributed by atoms with van der Waals surface area (Å²) >= 11 is 1.50. The molecule has 1 aromatic heterocycles. The largest absolute Gasteiger partial charge is 0.372 e. The SMILES string of the molecule is Cc1ccc(S(=O)(=O)N2CC3(C2)OCC[C@H]3CCNC(=O)c2ccsc2)cc1. The van der Waals surface area contributed by atoms with E-state index in [1.165, 1.54) is 15.6 Å². The Morgan fingerprint density at radius 1 is 1.29 bits per heavy atom. The zero-order chi connectivity index (χ0) is 19.8. The van der Waals surface area contributed by atoms with E-state index in [0.29, 0.717) is 36.7 Å². The Morgan fingerprint density at radius 2 is 2.04 bits per heavy atom. The molecule has 2 fully saturated rings. The first-order valence-electron chi connectivity index (χ1n) is 9.42. The van der Waals surface area contributed by atoms with Gasteiger partial charge in [0.1, 0.15) is 0 Å². The number of thiophene rings is 1. The van der Waals surface area contributed by atoms with Gasteiger partial charge in [-0.25, -0.2) is 8.42 Å². The summed E-state index contributed by atoms with van der Waals surface area (Å²) in [5.74, 6) is 0.186. The molecule has 150 valence electrons. The third-order valence-electron chi connectivity index (χ3n) is 5.71. The van der Waals surface area contributed by atoms with Crippen LogP contribution in [0.5, 0.6) is 0 Å². The third kappa shape index (κ3) is 3.61. The quantitative estimate of drug-likeness (QED) is 0.780. The van der Waals surface area contributed by atoms with E-state index in [1.54, 1.807) is 18.2 Å². The molecule has 0 radical (unpaired) electrons. The molecule has 2 aliphatic rings. The Kier molecular flexibility index (Phi) is 5.30. The summed E-state index contributed by atoms with van der Waals surface area (Å²) in [7, 11) is -3.48. The smallest absolute Gasteiger partial charge is 0.252 e. The van der Waals surface area contributed by atoms with Crippen LogP contribution in [0.1, 0.15) is 28.8 Å². The average molecular weight is 421 g/mol. The van der Waals surface area contributed by atoms with Gasteiger partial charge in [0, 0.05) is 37.2 Å². The minimum atomic E-state index is -3.48. The molecule has 3 heterocycles. The van der Waals surface area contributed by atoms with Crippen molar-refractivity contribution in [2.75, 3.05) is 26.2 Å². The zero-order valence-corrected chi connectivity index (χ0v) is 17.4. The lowest BCUT2D eigenvalue weighted by Crippen LogP contribution is -2.66. The first-order chi connectivity index (χ1) is 13.4. The monoisotopic (exact) mass is 420 g/mol. The summed E-state index contributed by atoms with van der Waals surface area (Å²) in [5.41, 5.74) is 1.30. The molecule has 1 amide bonds. The van der Waals surface area contributed by atoms with Crippen molar-refractivity contribution in [1.82, 2.24) is 9.62 Å². The van der Waals surface area contributed by atoms with Gasteiger partial charge < -0.3 is 10.1 Å². The van der Waals surface area contributed by atoms with Crippen LogP contribution in [0.3, 0.4) is 0 Å². The Labute approximate surface area is 169 Å². The van der Waals surface area contributed by atoms with Gasteiger partial charge in [-0.1, -0.05) is 17.7 Å². The molecule has 0 unspecified atom stereocenters. The molecule has 8 heteroatoms. The number of nitrogens with zero attached hydrogens (tertiary/aromatic N) is 1. The van der Waals surface area contributed by atoms with Crippen molar-refractivity contribution in [2.45, 2.75) is 30.3 Å². The number of carbonyl (C=O) groups is 1. The van der Waals surface area contributed by atoms with E-state index < -0.39 is 15.6 Å². The van der Waals surface area contributed by atoms with Crippen LogP contribution >= 0.6 is 11.3 Å². The number of hydrogen-bond donors (Lipinski definition) is 1. The van der Waals surface area contributed by atoms with Crippen LogP contribution in [0.25, 0.3) is 0 Å². The number of rotatable bonds is 6. The Morgan fingerprint density at radius 3 is 2.71 bits per heavy atom. The maximum absolute atomic E-state index is 12.8. The predicted molar refractivity (Wildman–Crippen MR) is 108 cm³/mol. The van der Waals surface area contributed by atoms with Crippen LogP contribution in [0.15, 0.2) is 46.0 Å². The Balaban J connectivity index is 1.34. The van der Waals surface area contributed by atoms with E-state index in [0.717, 1.165) is 18.4 Å². The van der Waals surface area contributed by atoms with Crippen molar-refractivity contribution in [3.8, 4) is 0 Å². The third-order valence-corrected chi connectivity index (χ3v) is 8.20. The summed E-state index contributed by atoms with van der Waals surface area (Å²) in [6.07, 6.45) is 1.68. The normalized spacial score (nSPS) is 21.5. The molecular weight excluding hydrogens is 396 g/mol. The maximum atomic E-state index is 12.8. The van der Waals surface area contributed by atoms with Crippen molar-refractivity contribution in [3.63, 3.8) is 0 Å². The molecule has 0 aliphatic carbocycles. The Bertz CT molecular complexity index is 933. The van der Waals surface area contributed by atoms with Gasteiger partial charge in [-0.3, -0.25) is 4.79 Å². The minimum absolute atomic E-state index is 0.0635.